The molecule has 1 amide bonds. The molecule has 2 heterocycles. The van der Waals surface area contributed by atoms with Crippen molar-refractivity contribution in [1.29, 1.82) is 0 Å². The van der Waals surface area contributed by atoms with Crippen LogP contribution >= 0.6 is 0 Å². The molecular weight excluding hydrogens is 264 g/mol. The first-order valence-electron chi connectivity index (χ1n) is 6.44. The Morgan fingerprint density at radius 3 is 2.90 bits per heavy atom. The van der Waals surface area contributed by atoms with Crippen molar-refractivity contribution in [2.75, 3.05) is 24.5 Å². The van der Waals surface area contributed by atoms with Gasteiger partial charge in [0.05, 0.1) is 4.92 Å². The highest BCUT2D eigenvalue weighted by molar-refractivity contribution is 5.85. The van der Waals surface area contributed by atoms with E-state index in [0.29, 0.717) is 37.6 Å². The molecule has 0 spiro atoms. The zero-order chi connectivity index (χ0) is 14.9. The van der Waals surface area contributed by atoms with E-state index in [1.165, 1.54) is 4.68 Å². The van der Waals surface area contributed by atoms with Crippen molar-refractivity contribution in [3.05, 3.63) is 15.8 Å². The van der Waals surface area contributed by atoms with Crippen molar-refractivity contribution >= 4 is 17.4 Å². The monoisotopic (exact) mass is 282 g/mol. The Morgan fingerprint density at radius 1 is 1.65 bits per heavy atom. The van der Waals surface area contributed by atoms with Crippen LogP contribution in [-0.4, -0.2) is 46.3 Å². The number of nitro groups is 1. The first-order chi connectivity index (χ1) is 9.47. The number of hydrogen-bond acceptors (Lipinski definition) is 6. The molecule has 0 aromatic carbocycles. The van der Waals surface area contributed by atoms with Gasteiger partial charge in [0.15, 0.2) is 0 Å². The van der Waals surface area contributed by atoms with Crippen LogP contribution in [0.2, 0.25) is 0 Å². The van der Waals surface area contributed by atoms with Crippen molar-refractivity contribution in [3.8, 4) is 0 Å². The fourth-order valence-corrected chi connectivity index (χ4v) is 2.52. The number of rotatable bonds is 4. The summed E-state index contributed by atoms with van der Waals surface area (Å²) in [6.07, 6.45) is 0.456. The van der Waals surface area contributed by atoms with Crippen LogP contribution in [0, 0.1) is 10.1 Å². The summed E-state index contributed by atoms with van der Waals surface area (Å²) in [6.45, 7) is 3.28. The molecule has 1 aromatic rings. The lowest BCUT2D eigenvalue weighted by molar-refractivity contribution is -0.384. The van der Waals surface area contributed by atoms with Gasteiger partial charge in [0.2, 0.25) is 11.7 Å². The number of carbonyl (C=O) groups is 1. The van der Waals surface area contributed by atoms with Crippen molar-refractivity contribution < 1.29 is 9.72 Å². The second kappa shape index (κ2) is 5.45. The molecule has 1 aliphatic rings. The second-order valence-corrected chi connectivity index (χ2v) is 4.67. The fraction of sp³-hybridized carbons (Fsp3) is 0.636. The summed E-state index contributed by atoms with van der Waals surface area (Å²) in [4.78, 5) is 24.1. The van der Waals surface area contributed by atoms with Gasteiger partial charge in [-0.25, -0.2) is 4.68 Å². The maximum absolute atomic E-state index is 11.5. The normalized spacial score (nSPS) is 19.1. The number of anilines is 1. The van der Waals surface area contributed by atoms with E-state index in [1.54, 1.807) is 11.9 Å². The predicted octanol–water partition coefficient (Wildman–Crippen LogP) is -0.846. The van der Waals surface area contributed by atoms with Gasteiger partial charge in [0.25, 0.3) is 0 Å². The Morgan fingerprint density at radius 2 is 2.35 bits per heavy atom. The number of piperazine rings is 1. The number of hydrogen-bond donors (Lipinski definition) is 2. The number of aromatic nitrogens is 2. The third-order valence-electron chi connectivity index (χ3n) is 3.42. The van der Waals surface area contributed by atoms with Crippen LogP contribution in [0.3, 0.4) is 0 Å². The molecule has 3 N–H and O–H groups in total. The molecular formula is C11H18N6O3. The first kappa shape index (κ1) is 14.3. The van der Waals surface area contributed by atoms with Gasteiger partial charge in [0.1, 0.15) is 11.7 Å². The van der Waals surface area contributed by atoms with E-state index in [2.05, 4.69) is 10.4 Å². The van der Waals surface area contributed by atoms with Gasteiger partial charge in [-0.15, -0.1) is 0 Å². The van der Waals surface area contributed by atoms with Gasteiger partial charge >= 0.3 is 5.69 Å². The third kappa shape index (κ3) is 2.31. The number of nitrogens with two attached hydrogens (primary N) is 1. The molecule has 1 unspecified atom stereocenters. The zero-order valence-corrected chi connectivity index (χ0v) is 11.5. The van der Waals surface area contributed by atoms with Crippen molar-refractivity contribution in [3.63, 3.8) is 0 Å². The number of aryl methyl sites for hydroxylation is 2. The summed E-state index contributed by atoms with van der Waals surface area (Å²) in [5.41, 5.74) is 5.76. The number of carbonyl (C=O) groups excluding carboxylic acids is 1. The summed E-state index contributed by atoms with van der Waals surface area (Å²) in [5, 5.41) is 18.6. The molecule has 1 aliphatic heterocycles. The highest BCUT2D eigenvalue weighted by Crippen LogP contribution is 2.33. The molecule has 2 rings (SSSR count). The predicted molar refractivity (Wildman–Crippen MR) is 72.4 cm³/mol. The SMILES string of the molecule is CCc1nn(C)c(N2CCNCC2C(N)=O)c1[N+](=O)[O-]. The van der Waals surface area contributed by atoms with E-state index >= 15 is 0 Å². The molecule has 0 bridgehead atoms. The quantitative estimate of drug-likeness (QED) is 0.548. The molecule has 1 fully saturated rings. The smallest absolute Gasteiger partial charge is 0.334 e. The van der Waals surface area contributed by atoms with Crippen LogP contribution in [0.4, 0.5) is 11.5 Å². The van der Waals surface area contributed by atoms with E-state index in [4.69, 9.17) is 5.73 Å². The zero-order valence-electron chi connectivity index (χ0n) is 11.5. The minimum atomic E-state index is -0.609. The molecule has 9 nitrogen and oxygen atoms in total. The molecule has 9 heteroatoms. The van der Waals surface area contributed by atoms with Crippen LogP contribution < -0.4 is 16.0 Å². The molecule has 1 aromatic heterocycles. The lowest BCUT2D eigenvalue weighted by Gasteiger charge is -2.34. The molecule has 110 valence electrons. The maximum atomic E-state index is 11.5. The van der Waals surface area contributed by atoms with Crippen LogP contribution in [0.1, 0.15) is 12.6 Å². The molecule has 0 saturated carbocycles. The lowest BCUT2D eigenvalue weighted by atomic mass is 10.1. The van der Waals surface area contributed by atoms with Crippen LogP contribution in [0.15, 0.2) is 0 Å². The third-order valence-corrected chi connectivity index (χ3v) is 3.42. The van der Waals surface area contributed by atoms with E-state index in [1.807, 2.05) is 6.92 Å². The minimum absolute atomic E-state index is 0.0387. The molecule has 0 radical (unpaired) electrons. The Bertz CT molecular complexity index is 541. The van der Waals surface area contributed by atoms with Gasteiger partial charge < -0.3 is 16.0 Å². The van der Waals surface area contributed by atoms with Crippen LogP contribution in [0.25, 0.3) is 0 Å². The fourth-order valence-electron chi connectivity index (χ4n) is 2.52. The van der Waals surface area contributed by atoms with Crippen LogP contribution in [0.5, 0.6) is 0 Å². The number of nitrogens with one attached hydrogen (secondary N) is 1. The largest absolute Gasteiger partial charge is 0.368 e. The average molecular weight is 282 g/mol. The Balaban J connectivity index is 2.52. The molecule has 1 saturated heterocycles. The number of primary amides is 1. The van der Waals surface area contributed by atoms with E-state index in [-0.39, 0.29) is 5.69 Å². The van der Waals surface area contributed by atoms with E-state index in [9.17, 15) is 14.9 Å². The first-order valence-corrected chi connectivity index (χ1v) is 6.44. The Labute approximate surface area is 115 Å². The van der Waals surface area contributed by atoms with Crippen molar-refractivity contribution in [2.45, 2.75) is 19.4 Å². The number of amides is 1. The summed E-state index contributed by atoms with van der Waals surface area (Å²) < 4.78 is 1.46. The van der Waals surface area contributed by atoms with Crippen molar-refractivity contribution in [1.82, 2.24) is 15.1 Å². The van der Waals surface area contributed by atoms with Crippen LogP contribution in [-0.2, 0) is 18.3 Å². The van der Waals surface area contributed by atoms with Gasteiger partial charge in [0, 0.05) is 26.7 Å². The summed E-state index contributed by atoms with van der Waals surface area (Å²) in [7, 11) is 1.64. The molecule has 1 atom stereocenters. The lowest BCUT2D eigenvalue weighted by Crippen LogP contribution is -2.57. The maximum Gasteiger partial charge on any atom is 0.334 e. The summed E-state index contributed by atoms with van der Waals surface area (Å²) in [5.74, 6) is -0.164. The topological polar surface area (TPSA) is 119 Å². The van der Waals surface area contributed by atoms with Gasteiger partial charge in [-0.05, 0) is 6.42 Å². The van der Waals surface area contributed by atoms with Gasteiger partial charge in [-0.3, -0.25) is 14.9 Å². The Hall–Kier alpha value is -2.16. The average Bonchev–Trinajstić information content (AvgIpc) is 2.75. The van der Waals surface area contributed by atoms with E-state index in [0.717, 1.165) is 0 Å². The van der Waals surface area contributed by atoms with Gasteiger partial charge in [-0.2, -0.15) is 5.10 Å². The molecule has 20 heavy (non-hydrogen) atoms. The molecule has 0 aliphatic carbocycles. The standard InChI is InChI=1S/C11H18N6O3/c1-3-7-9(17(19)20)11(15(2)14-7)16-5-4-13-6-8(16)10(12)18/h8,13H,3-6H2,1-2H3,(H2,12,18). The van der Waals surface area contributed by atoms with E-state index < -0.39 is 16.9 Å². The highest BCUT2D eigenvalue weighted by Gasteiger charge is 2.36. The van der Waals surface area contributed by atoms with Crippen molar-refractivity contribution in [2.24, 2.45) is 12.8 Å². The summed E-state index contributed by atoms with van der Waals surface area (Å²) >= 11 is 0. The minimum Gasteiger partial charge on any atom is -0.368 e. The van der Waals surface area contributed by atoms with Gasteiger partial charge in [-0.1, -0.05) is 6.92 Å². The number of nitrogens with zero attached hydrogens (tertiary/aromatic N) is 4. The Kier molecular flexibility index (Phi) is 3.89. The summed E-state index contributed by atoms with van der Waals surface area (Å²) in [6, 6.07) is -0.609. The highest BCUT2D eigenvalue weighted by atomic mass is 16.6. The second-order valence-electron chi connectivity index (χ2n) is 4.67.